The zero-order valence-corrected chi connectivity index (χ0v) is 10.0. The fourth-order valence-electron chi connectivity index (χ4n) is 1.88. The summed E-state index contributed by atoms with van der Waals surface area (Å²) in [7, 11) is 0. The first-order valence-electron chi connectivity index (χ1n) is 5.41. The highest BCUT2D eigenvalue weighted by Crippen LogP contribution is 2.11. The second kappa shape index (κ2) is 4.69. The molecule has 0 aromatic heterocycles. The monoisotopic (exact) mass is 228 g/mol. The second-order valence-corrected chi connectivity index (χ2v) is 4.80. The van der Waals surface area contributed by atoms with Crippen LogP contribution in [0.15, 0.2) is 0 Å². The summed E-state index contributed by atoms with van der Waals surface area (Å²) >= 11 is 0. The molecular formula is C10H20N4O2. The lowest BCUT2D eigenvalue weighted by molar-refractivity contribution is -0.134. The Hall–Kier alpha value is -1.30. The maximum absolute atomic E-state index is 11.9. The van der Waals surface area contributed by atoms with Crippen molar-refractivity contribution in [2.75, 3.05) is 19.6 Å². The van der Waals surface area contributed by atoms with Crippen molar-refractivity contribution in [2.45, 2.75) is 32.4 Å². The summed E-state index contributed by atoms with van der Waals surface area (Å²) in [6.07, 6.45) is 0. The van der Waals surface area contributed by atoms with Gasteiger partial charge in [0.2, 0.25) is 5.91 Å². The number of primary amides is 1. The molecule has 0 bridgehead atoms. The fraction of sp³-hybridized carbons (Fsp3) is 0.800. The maximum Gasteiger partial charge on any atom is 0.312 e. The lowest BCUT2D eigenvalue weighted by atomic mass is 10.0. The molecule has 0 aromatic carbocycles. The van der Waals surface area contributed by atoms with Gasteiger partial charge < -0.3 is 21.3 Å². The second-order valence-electron chi connectivity index (χ2n) is 4.80. The highest BCUT2D eigenvalue weighted by molar-refractivity contribution is 5.86. The van der Waals surface area contributed by atoms with E-state index in [0.29, 0.717) is 13.1 Å². The molecule has 0 saturated carbocycles. The van der Waals surface area contributed by atoms with Crippen molar-refractivity contribution >= 4 is 11.9 Å². The third kappa shape index (κ3) is 3.37. The van der Waals surface area contributed by atoms with E-state index >= 15 is 0 Å². The van der Waals surface area contributed by atoms with Gasteiger partial charge in [-0.1, -0.05) is 0 Å². The summed E-state index contributed by atoms with van der Waals surface area (Å²) in [5.41, 5.74) is 4.90. The molecule has 6 nitrogen and oxygen atoms in total. The average Bonchev–Trinajstić information content (AvgIpc) is 2.13. The van der Waals surface area contributed by atoms with Crippen LogP contribution in [0.2, 0.25) is 0 Å². The molecule has 1 rings (SSSR count). The number of piperazine rings is 1. The SMILES string of the molecule is CC(NC(N)=O)C(=O)N1CCNC(C)(C)C1. The molecule has 1 aliphatic heterocycles. The molecule has 1 atom stereocenters. The Morgan fingerprint density at radius 2 is 2.12 bits per heavy atom. The molecule has 16 heavy (non-hydrogen) atoms. The van der Waals surface area contributed by atoms with Crippen LogP contribution in [0.4, 0.5) is 4.79 Å². The van der Waals surface area contributed by atoms with Crippen LogP contribution in [0.25, 0.3) is 0 Å². The molecule has 0 spiro atoms. The molecule has 0 aliphatic carbocycles. The highest BCUT2D eigenvalue weighted by Gasteiger charge is 2.30. The van der Waals surface area contributed by atoms with Crippen LogP contribution in [0.1, 0.15) is 20.8 Å². The number of carbonyl (C=O) groups is 2. The van der Waals surface area contributed by atoms with Crippen molar-refractivity contribution in [1.82, 2.24) is 15.5 Å². The summed E-state index contributed by atoms with van der Waals surface area (Å²) in [5, 5.41) is 5.71. The van der Waals surface area contributed by atoms with Crippen LogP contribution < -0.4 is 16.4 Å². The first-order chi connectivity index (χ1) is 7.32. The lowest BCUT2D eigenvalue weighted by Gasteiger charge is -2.40. The van der Waals surface area contributed by atoms with Gasteiger partial charge in [0.25, 0.3) is 0 Å². The van der Waals surface area contributed by atoms with E-state index in [-0.39, 0.29) is 11.4 Å². The fourth-order valence-corrected chi connectivity index (χ4v) is 1.88. The summed E-state index contributed by atoms with van der Waals surface area (Å²) in [6, 6.07) is -1.23. The van der Waals surface area contributed by atoms with Gasteiger partial charge in [0.05, 0.1) is 0 Å². The number of amides is 3. The van der Waals surface area contributed by atoms with Crippen molar-refractivity contribution in [2.24, 2.45) is 5.73 Å². The van der Waals surface area contributed by atoms with Gasteiger partial charge in [-0.2, -0.15) is 0 Å². The molecule has 1 unspecified atom stereocenters. The Kier molecular flexibility index (Phi) is 3.74. The van der Waals surface area contributed by atoms with Gasteiger partial charge in [-0.3, -0.25) is 4.79 Å². The minimum atomic E-state index is -0.671. The summed E-state index contributed by atoms with van der Waals surface area (Å²) in [6.45, 7) is 7.78. The van der Waals surface area contributed by atoms with Gasteiger partial charge in [0, 0.05) is 25.2 Å². The third-order valence-corrected chi connectivity index (χ3v) is 2.61. The van der Waals surface area contributed by atoms with Crippen LogP contribution >= 0.6 is 0 Å². The molecule has 6 heteroatoms. The smallest absolute Gasteiger partial charge is 0.312 e. The van der Waals surface area contributed by atoms with Crippen LogP contribution in [0.3, 0.4) is 0 Å². The van der Waals surface area contributed by atoms with E-state index in [9.17, 15) is 9.59 Å². The Bertz CT molecular complexity index is 291. The van der Waals surface area contributed by atoms with Gasteiger partial charge in [0.15, 0.2) is 0 Å². The number of carbonyl (C=O) groups excluding carboxylic acids is 2. The Balaban J connectivity index is 2.56. The molecule has 1 saturated heterocycles. The van der Waals surface area contributed by atoms with Crippen molar-refractivity contribution < 1.29 is 9.59 Å². The number of hydrogen-bond donors (Lipinski definition) is 3. The number of nitrogens with zero attached hydrogens (tertiary/aromatic N) is 1. The van der Waals surface area contributed by atoms with E-state index < -0.39 is 12.1 Å². The Labute approximate surface area is 95.5 Å². The summed E-state index contributed by atoms with van der Waals surface area (Å²) in [5.74, 6) is -0.0895. The first kappa shape index (κ1) is 12.8. The zero-order chi connectivity index (χ0) is 12.3. The van der Waals surface area contributed by atoms with Gasteiger partial charge in [-0.25, -0.2) is 4.79 Å². The van der Waals surface area contributed by atoms with Crippen LogP contribution in [-0.2, 0) is 4.79 Å². The minimum absolute atomic E-state index is 0.0830. The van der Waals surface area contributed by atoms with Gasteiger partial charge in [-0.05, 0) is 20.8 Å². The van der Waals surface area contributed by atoms with E-state index in [1.165, 1.54) is 0 Å². The van der Waals surface area contributed by atoms with Gasteiger partial charge in [0.1, 0.15) is 6.04 Å². The maximum atomic E-state index is 11.9. The van der Waals surface area contributed by atoms with Crippen LogP contribution in [0, 0.1) is 0 Å². The first-order valence-corrected chi connectivity index (χ1v) is 5.41. The average molecular weight is 228 g/mol. The van der Waals surface area contributed by atoms with E-state index in [1.807, 2.05) is 13.8 Å². The predicted octanol–water partition coefficient (Wildman–Crippen LogP) is -0.746. The van der Waals surface area contributed by atoms with Crippen molar-refractivity contribution in [3.8, 4) is 0 Å². The summed E-state index contributed by atoms with van der Waals surface area (Å²) < 4.78 is 0. The van der Waals surface area contributed by atoms with Crippen LogP contribution in [-0.4, -0.2) is 48.1 Å². The standard InChI is InChI=1S/C10H20N4O2/c1-7(13-9(11)16)8(15)14-5-4-12-10(2,3)6-14/h7,12H,4-6H2,1-3H3,(H3,11,13,16). The molecule has 0 radical (unpaired) electrons. The Morgan fingerprint density at radius 3 is 2.62 bits per heavy atom. The van der Waals surface area contributed by atoms with Crippen molar-refractivity contribution in [1.29, 1.82) is 0 Å². The zero-order valence-electron chi connectivity index (χ0n) is 10.0. The lowest BCUT2D eigenvalue weighted by Crippen LogP contribution is -2.61. The quantitative estimate of drug-likeness (QED) is 0.581. The molecule has 1 heterocycles. The molecule has 4 N–H and O–H groups in total. The van der Waals surface area contributed by atoms with Crippen molar-refractivity contribution in [3.05, 3.63) is 0 Å². The van der Waals surface area contributed by atoms with E-state index in [2.05, 4.69) is 10.6 Å². The van der Waals surface area contributed by atoms with Crippen LogP contribution in [0.5, 0.6) is 0 Å². The molecule has 1 fully saturated rings. The molecular weight excluding hydrogens is 208 g/mol. The minimum Gasteiger partial charge on any atom is -0.352 e. The number of urea groups is 1. The number of nitrogens with two attached hydrogens (primary N) is 1. The number of rotatable bonds is 2. The molecule has 1 aliphatic rings. The van der Waals surface area contributed by atoms with Gasteiger partial charge >= 0.3 is 6.03 Å². The largest absolute Gasteiger partial charge is 0.352 e. The van der Waals surface area contributed by atoms with E-state index in [1.54, 1.807) is 11.8 Å². The highest BCUT2D eigenvalue weighted by atomic mass is 16.2. The molecule has 3 amide bonds. The number of nitrogens with one attached hydrogen (secondary N) is 2. The molecule has 0 aromatic rings. The van der Waals surface area contributed by atoms with Crippen molar-refractivity contribution in [3.63, 3.8) is 0 Å². The van der Waals surface area contributed by atoms with E-state index in [4.69, 9.17) is 5.73 Å². The number of hydrogen-bond acceptors (Lipinski definition) is 3. The topological polar surface area (TPSA) is 87.5 Å². The summed E-state index contributed by atoms with van der Waals surface area (Å²) in [4.78, 5) is 24.3. The normalized spacial score (nSPS) is 21.3. The predicted molar refractivity (Wildman–Crippen MR) is 60.8 cm³/mol. The molecule has 92 valence electrons. The van der Waals surface area contributed by atoms with E-state index in [0.717, 1.165) is 6.54 Å². The third-order valence-electron chi connectivity index (χ3n) is 2.61. The Morgan fingerprint density at radius 1 is 1.50 bits per heavy atom. The van der Waals surface area contributed by atoms with Gasteiger partial charge in [-0.15, -0.1) is 0 Å².